The molecule has 1 rings (SSSR count). The second kappa shape index (κ2) is 5.34. The van der Waals surface area contributed by atoms with Crippen LogP contribution in [0.25, 0.3) is 0 Å². The van der Waals surface area contributed by atoms with Crippen molar-refractivity contribution in [3.8, 4) is 11.5 Å². The number of rotatable bonds is 3. The maximum Gasteiger partial charge on any atom is 0.230 e. The number of carbonyl (C=O) groups is 2. The minimum Gasteiger partial charge on any atom is -0.497 e. The van der Waals surface area contributed by atoms with E-state index in [1.807, 2.05) is 0 Å². The summed E-state index contributed by atoms with van der Waals surface area (Å²) in [5, 5.41) is 0. The predicted octanol–water partition coefficient (Wildman–Crippen LogP) is 1.60. The maximum atomic E-state index is 11.4. The number of hydrogen-bond donors (Lipinski definition) is 0. The Bertz CT molecular complexity index is 406. The summed E-state index contributed by atoms with van der Waals surface area (Å²) >= 11 is 0. The van der Waals surface area contributed by atoms with Crippen LogP contribution in [0.5, 0.6) is 11.5 Å². The fraction of sp³-hybridized carbons (Fsp3) is 0.333. The fourth-order valence-electron chi connectivity index (χ4n) is 1.51. The smallest absolute Gasteiger partial charge is 0.230 e. The highest BCUT2D eigenvalue weighted by Gasteiger charge is 2.17. The molecule has 0 fully saturated rings. The molecule has 0 saturated carbocycles. The van der Waals surface area contributed by atoms with E-state index in [0.29, 0.717) is 17.2 Å². The van der Waals surface area contributed by atoms with Crippen molar-refractivity contribution in [1.82, 2.24) is 0 Å². The van der Waals surface area contributed by atoms with E-state index in [2.05, 4.69) is 0 Å². The predicted molar refractivity (Wildman–Crippen MR) is 63.4 cm³/mol. The van der Waals surface area contributed by atoms with Gasteiger partial charge in [0.1, 0.15) is 11.5 Å². The minimum absolute atomic E-state index is 0.354. The summed E-state index contributed by atoms with van der Waals surface area (Å²) < 4.78 is 10.2. The summed E-state index contributed by atoms with van der Waals surface area (Å²) in [6.45, 7) is 2.65. The third-order valence-corrected chi connectivity index (χ3v) is 2.22. The van der Waals surface area contributed by atoms with Gasteiger partial charge in [0.15, 0.2) is 0 Å². The van der Waals surface area contributed by atoms with Crippen LogP contribution in [0, 0.1) is 0 Å². The topological polar surface area (TPSA) is 55.8 Å². The third-order valence-electron chi connectivity index (χ3n) is 2.22. The lowest BCUT2D eigenvalue weighted by atomic mass is 10.2. The lowest BCUT2D eigenvalue weighted by Gasteiger charge is -2.18. The molecule has 2 amide bonds. The molecule has 0 N–H and O–H groups in total. The molecule has 0 aliphatic rings. The van der Waals surface area contributed by atoms with Crippen LogP contribution in [0.3, 0.4) is 0 Å². The number of anilines is 1. The van der Waals surface area contributed by atoms with Crippen molar-refractivity contribution in [2.75, 3.05) is 19.1 Å². The van der Waals surface area contributed by atoms with Crippen LogP contribution in [-0.2, 0) is 9.59 Å². The lowest BCUT2D eigenvalue weighted by Crippen LogP contribution is -2.33. The highest BCUT2D eigenvalue weighted by molar-refractivity contribution is 6.13. The Morgan fingerprint density at radius 3 is 1.65 bits per heavy atom. The molecule has 0 spiro atoms. The lowest BCUT2D eigenvalue weighted by molar-refractivity contribution is -0.124. The van der Waals surface area contributed by atoms with Gasteiger partial charge >= 0.3 is 0 Å². The summed E-state index contributed by atoms with van der Waals surface area (Å²) in [5.74, 6) is 0.333. The van der Waals surface area contributed by atoms with Crippen molar-refractivity contribution in [2.24, 2.45) is 0 Å². The molecule has 0 radical (unpaired) electrons. The fourth-order valence-corrected chi connectivity index (χ4v) is 1.51. The number of hydrogen-bond acceptors (Lipinski definition) is 4. The molecule has 0 atom stereocenters. The first-order valence-electron chi connectivity index (χ1n) is 5.04. The maximum absolute atomic E-state index is 11.4. The Morgan fingerprint density at radius 1 is 0.941 bits per heavy atom. The summed E-state index contributed by atoms with van der Waals surface area (Å²) in [7, 11) is 3.01. The monoisotopic (exact) mass is 237 g/mol. The van der Waals surface area contributed by atoms with Crippen molar-refractivity contribution >= 4 is 17.5 Å². The molecule has 0 saturated heterocycles. The van der Waals surface area contributed by atoms with E-state index in [4.69, 9.17) is 9.47 Å². The highest BCUT2D eigenvalue weighted by Crippen LogP contribution is 2.28. The van der Waals surface area contributed by atoms with Crippen molar-refractivity contribution in [1.29, 1.82) is 0 Å². The summed E-state index contributed by atoms with van der Waals surface area (Å²) in [4.78, 5) is 23.9. The molecule has 0 aromatic heterocycles. The first-order chi connectivity index (χ1) is 7.99. The van der Waals surface area contributed by atoms with Crippen molar-refractivity contribution in [3.63, 3.8) is 0 Å². The van der Waals surface area contributed by atoms with Crippen molar-refractivity contribution in [2.45, 2.75) is 13.8 Å². The van der Waals surface area contributed by atoms with Gasteiger partial charge in [-0.3, -0.25) is 14.5 Å². The standard InChI is InChI=1S/C12H15NO4/c1-8(14)13(9(2)15)10-5-11(16-3)7-12(6-10)17-4/h5-7H,1-4H3. The van der Waals surface area contributed by atoms with Crippen LogP contribution in [0.1, 0.15) is 13.8 Å². The molecule has 0 heterocycles. The molecule has 0 aliphatic heterocycles. The summed E-state index contributed by atoms with van der Waals surface area (Å²) in [6, 6.07) is 4.87. The van der Waals surface area contributed by atoms with E-state index < -0.39 is 0 Å². The summed E-state index contributed by atoms with van der Waals surface area (Å²) in [5.41, 5.74) is 0.432. The normalized spacial score (nSPS) is 9.65. The van der Waals surface area contributed by atoms with E-state index in [-0.39, 0.29) is 11.8 Å². The average molecular weight is 237 g/mol. The van der Waals surface area contributed by atoms with Crippen LogP contribution in [0.15, 0.2) is 18.2 Å². The van der Waals surface area contributed by atoms with Crippen LogP contribution >= 0.6 is 0 Å². The zero-order valence-electron chi connectivity index (χ0n) is 10.3. The highest BCUT2D eigenvalue weighted by atomic mass is 16.5. The zero-order valence-corrected chi connectivity index (χ0v) is 10.3. The SMILES string of the molecule is COc1cc(OC)cc(N(C(C)=O)C(C)=O)c1. The van der Waals surface area contributed by atoms with Gasteiger partial charge in [-0.1, -0.05) is 0 Å². The van der Waals surface area contributed by atoms with Gasteiger partial charge in [-0.25, -0.2) is 0 Å². The van der Waals surface area contributed by atoms with E-state index >= 15 is 0 Å². The van der Waals surface area contributed by atoms with Gasteiger partial charge < -0.3 is 9.47 Å². The Labute approximate surface area is 99.9 Å². The van der Waals surface area contributed by atoms with Gasteiger partial charge in [0.25, 0.3) is 0 Å². The molecule has 0 unspecified atom stereocenters. The van der Waals surface area contributed by atoms with Crippen LogP contribution in [-0.4, -0.2) is 26.0 Å². The molecule has 17 heavy (non-hydrogen) atoms. The van der Waals surface area contributed by atoms with Crippen molar-refractivity contribution in [3.05, 3.63) is 18.2 Å². The van der Waals surface area contributed by atoms with Gasteiger partial charge in [-0.2, -0.15) is 0 Å². The van der Waals surface area contributed by atoms with Crippen LogP contribution < -0.4 is 14.4 Å². The number of imide groups is 1. The van der Waals surface area contributed by atoms with Crippen molar-refractivity contribution < 1.29 is 19.1 Å². The molecule has 1 aromatic carbocycles. The number of carbonyl (C=O) groups excluding carboxylic acids is 2. The first kappa shape index (κ1) is 13.0. The largest absolute Gasteiger partial charge is 0.497 e. The molecule has 92 valence electrons. The minimum atomic E-state index is -0.354. The van der Waals surface area contributed by atoms with E-state index in [1.54, 1.807) is 18.2 Å². The molecule has 0 aliphatic carbocycles. The Balaban J connectivity index is 3.27. The van der Waals surface area contributed by atoms with Gasteiger partial charge in [0.05, 0.1) is 19.9 Å². The van der Waals surface area contributed by atoms with E-state index in [9.17, 15) is 9.59 Å². The average Bonchev–Trinajstić information content (AvgIpc) is 2.27. The quantitative estimate of drug-likeness (QED) is 0.801. The van der Waals surface area contributed by atoms with Crippen LogP contribution in [0.4, 0.5) is 5.69 Å². The second-order valence-corrected chi connectivity index (χ2v) is 3.44. The molecular weight excluding hydrogens is 222 g/mol. The first-order valence-corrected chi connectivity index (χ1v) is 5.04. The van der Waals surface area contributed by atoms with Gasteiger partial charge in [0, 0.05) is 32.0 Å². The Morgan fingerprint density at radius 2 is 1.35 bits per heavy atom. The second-order valence-electron chi connectivity index (χ2n) is 3.44. The van der Waals surface area contributed by atoms with Crippen LogP contribution in [0.2, 0.25) is 0 Å². The number of ether oxygens (including phenoxy) is 2. The molecule has 5 heteroatoms. The summed E-state index contributed by atoms with van der Waals surface area (Å²) in [6.07, 6.45) is 0. The van der Waals surface area contributed by atoms with E-state index in [1.165, 1.54) is 28.1 Å². The molecule has 1 aromatic rings. The number of methoxy groups -OCH3 is 2. The molecular formula is C12H15NO4. The third kappa shape index (κ3) is 2.96. The zero-order chi connectivity index (χ0) is 13.0. The van der Waals surface area contributed by atoms with Gasteiger partial charge in [-0.05, 0) is 0 Å². The number of amides is 2. The Kier molecular flexibility index (Phi) is 4.09. The molecule has 0 bridgehead atoms. The number of nitrogens with zero attached hydrogens (tertiary/aromatic N) is 1. The Hall–Kier alpha value is -2.04. The molecule has 5 nitrogen and oxygen atoms in total. The van der Waals surface area contributed by atoms with Gasteiger partial charge in [0.2, 0.25) is 11.8 Å². The van der Waals surface area contributed by atoms with E-state index in [0.717, 1.165) is 4.90 Å². The number of benzene rings is 1. The van der Waals surface area contributed by atoms with Gasteiger partial charge in [-0.15, -0.1) is 0 Å².